The zero-order valence-corrected chi connectivity index (χ0v) is 12.7. The van der Waals surface area contributed by atoms with Crippen molar-refractivity contribution < 1.29 is 9.53 Å². The molecule has 0 aliphatic carbocycles. The zero-order valence-electron chi connectivity index (χ0n) is 11.8. The smallest absolute Gasteiger partial charge is 0.225 e. The third-order valence-electron chi connectivity index (χ3n) is 2.89. The molecule has 0 saturated carbocycles. The maximum atomic E-state index is 11.9. The van der Waals surface area contributed by atoms with Gasteiger partial charge in [0.05, 0.1) is 12.8 Å². The van der Waals surface area contributed by atoms with Crippen LogP contribution in [-0.2, 0) is 4.79 Å². The summed E-state index contributed by atoms with van der Waals surface area (Å²) in [6.45, 7) is 0. The lowest BCUT2D eigenvalue weighted by Crippen LogP contribution is -2.12. The number of nitrogens with two attached hydrogens (primary N) is 1. The molecule has 1 amide bonds. The SMILES string of the molecule is COc1ccccc1NC(=O)CCSc1ccccc1N. The molecule has 3 N–H and O–H groups in total. The van der Waals surface area contributed by atoms with E-state index in [0.29, 0.717) is 23.6 Å². The average Bonchev–Trinajstić information content (AvgIpc) is 2.50. The van der Waals surface area contributed by atoms with Crippen LogP contribution in [0.25, 0.3) is 0 Å². The van der Waals surface area contributed by atoms with Gasteiger partial charge in [-0.1, -0.05) is 24.3 Å². The number of nitrogens with one attached hydrogen (secondary N) is 1. The Bertz CT molecular complexity index is 617. The number of benzene rings is 2. The predicted octanol–water partition coefficient (Wildman–Crippen LogP) is 3.40. The Morgan fingerprint density at radius 2 is 1.90 bits per heavy atom. The molecule has 2 aromatic carbocycles. The van der Waals surface area contributed by atoms with E-state index in [-0.39, 0.29) is 5.91 Å². The molecule has 4 nitrogen and oxygen atoms in total. The van der Waals surface area contributed by atoms with Crippen molar-refractivity contribution >= 4 is 29.0 Å². The largest absolute Gasteiger partial charge is 0.495 e. The molecule has 0 bridgehead atoms. The van der Waals surface area contributed by atoms with Crippen LogP contribution < -0.4 is 15.8 Å². The van der Waals surface area contributed by atoms with E-state index in [1.165, 1.54) is 0 Å². The summed E-state index contributed by atoms with van der Waals surface area (Å²) in [7, 11) is 1.58. The molecule has 2 rings (SSSR count). The Kier molecular flexibility index (Phi) is 5.51. The normalized spacial score (nSPS) is 10.1. The van der Waals surface area contributed by atoms with E-state index < -0.39 is 0 Å². The molecule has 2 aromatic rings. The summed E-state index contributed by atoms with van der Waals surface area (Å²) in [6.07, 6.45) is 0.414. The molecule has 0 fully saturated rings. The summed E-state index contributed by atoms with van der Waals surface area (Å²) < 4.78 is 5.20. The van der Waals surface area contributed by atoms with Gasteiger partial charge in [0.15, 0.2) is 0 Å². The summed E-state index contributed by atoms with van der Waals surface area (Å²) in [6, 6.07) is 15.0. The van der Waals surface area contributed by atoms with Gasteiger partial charge >= 0.3 is 0 Å². The fraction of sp³-hybridized carbons (Fsp3) is 0.188. The Balaban J connectivity index is 1.84. The van der Waals surface area contributed by atoms with Crippen molar-refractivity contribution in [2.45, 2.75) is 11.3 Å². The van der Waals surface area contributed by atoms with Gasteiger partial charge in [0, 0.05) is 22.8 Å². The van der Waals surface area contributed by atoms with Crippen LogP contribution in [0, 0.1) is 0 Å². The van der Waals surface area contributed by atoms with E-state index in [2.05, 4.69) is 5.32 Å². The number of amides is 1. The van der Waals surface area contributed by atoms with E-state index in [0.717, 1.165) is 10.6 Å². The first-order valence-corrected chi connectivity index (χ1v) is 7.59. The number of methoxy groups -OCH3 is 1. The van der Waals surface area contributed by atoms with Crippen molar-refractivity contribution in [3.05, 3.63) is 48.5 Å². The van der Waals surface area contributed by atoms with Gasteiger partial charge in [-0.05, 0) is 24.3 Å². The zero-order chi connectivity index (χ0) is 15.1. The van der Waals surface area contributed by atoms with Crippen LogP contribution >= 0.6 is 11.8 Å². The first-order chi connectivity index (χ1) is 10.2. The number of nitrogen functional groups attached to an aromatic ring is 1. The lowest BCUT2D eigenvalue weighted by molar-refractivity contribution is -0.115. The van der Waals surface area contributed by atoms with Gasteiger partial charge in [0.2, 0.25) is 5.91 Å². The van der Waals surface area contributed by atoms with Gasteiger partial charge in [0.1, 0.15) is 5.75 Å². The van der Waals surface area contributed by atoms with Crippen molar-refractivity contribution in [2.24, 2.45) is 0 Å². The van der Waals surface area contributed by atoms with Crippen LogP contribution in [0.5, 0.6) is 5.75 Å². The van der Waals surface area contributed by atoms with Gasteiger partial charge in [-0.15, -0.1) is 11.8 Å². The summed E-state index contributed by atoms with van der Waals surface area (Å²) in [5, 5.41) is 2.85. The number of carbonyl (C=O) groups excluding carboxylic acids is 1. The van der Waals surface area contributed by atoms with E-state index >= 15 is 0 Å². The van der Waals surface area contributed by atoms with E-state index in [1.54, 1.807) is 18.9 Å². The topological polar surface area (TPSA) is 64.3 Å². The summed E-state index contributed by atoms with van der Waals surface area (Å²) in [4.78, 5) is 12.9. The van der Waals surface area contributed by atoms with Crippen LogP contribution in [0.2, 0.25) is 0 Å². The number of thioether (sulfide) groups is 1. The van der Waals surface area contributed by atoms with Gasteiger partial charge < -0.3 is 15.8 Å². The highest BCUT2D eigenvalue weighted by Crippen LogP contribution is 2.26. The van der Waals surface area contributed by atoms with E-state index in [4.69, 9.17) is 10.5 Å². The van der Waals surface area contributed by atoms with Gasteiger partial charge in [0.25, 0.3) is 0 Å². The van der Waals surface area contributed by atoms with Crippen molar-refractivity contribution in [1.29, 1.82) is 0 Å². The van der Waals surface area contributed by atoms with Crippen LogP contribution in [0.15, 0.2) is 53.4 Å². The number of ether oxygens (including phenoxy) is 1. The molecule has 0 aliphatic heterocycles. The molecular weight excluding hydrogens is 284 g/mol. The number of hydrogen-bond donors (Lipinski definition) is 2. The Morgan fingerprint density at radius 1 is 1.19 bits per heavy atom. The molecule has 21 heavy (non-hydrogen) atoms. The molecule has 5 heteroatoms. The maximum Gasteiger partial charge on any atom is 0.225 e. The molecular formula is C16H18N2O2S. The Labute approximate surface area is 128 Å². The minimum atomic E-state index is -0.0403. The summed E-state index contributed by atoms with van der Waals surface area (Å²) in [5.41, 5.74) is 7.29. The highest BCUT2D eigenvalue weighted by atomic mass is 32.2. The number of rotatable bonds is 6. The Hall–Kier alpha value is -2.14. The first kappa shape index (κ1) is 15.3. The van der Waals surface area contributed by atoms with Gasteiger partial charge in [-0.3, -0.25) is 4.79 Å². The molecule has 110 valence electrons. The molecule has 0 unspecified atom stereocenters. The predicted molar refractivity (Wildman–Crippen MR) is 87.8 cm³/mol. The van der Waals surface area contributed by atoms with Crippen molar-refractivity contribution in [1.82, 2.24) is 0 Å². The van der Waals surface area contributed by atoms with Gasteiger partial charge in [-0.25, -0.2) is 0 Å². The number of hydrogen-bond acceptors (Lipinski definition) is 4. The second kappa shape index (κ2) is 7.59. The molecule has 0 radical (unpaired) electrons. The highest BCUT2D eigenvalue weighted by molar-refractivity contribution is 7.99. The second-order valence-corrected chi connectivity index (χ2v) is 5.52. The molecule has 0 spiro atoms. The van der Waals surface area contributed by atoms with Crippen LogP contribution in [-0.4, -0.2) is 18.8 Å². The van der Waals surface area contributed by atoms with Gasteiger partial charge in [-0.2, -0.15) is 0 Å². The third kappa shape index (κ3) is 4.43. The van der Waals surface area contributed by atoms with E-state index in [9.17, 15) is 4.79 Å². The average molecular weight is 302 g/mol. The van der Waals surface area contributed by atoms with Crippen LogP contribution in [0.1, 0.15) is 6.42 Å². The monoisotopic (exact) mass is 302 g/mol. The van der Waals surface area contributed by atoms with Crippen LogP contribution in [0.4, 0.5) is 11.4 Å². The maximum absolute atomic E-state index is 11.9. The van der Waals surface area contributed by atoms with Crippen molar-refractivity contribution in [2.75, 3.05) is 23.9 Å². The Morgan fingerprint density at radius 3 is 2.67 bits per heavy atom. The minimum absolute atomic E-state index is 0.0403. The van der Waals surface area contributed by atoms with Crippen molar-refractivity contribution in [3.63, 3.8) is 0 Å². The lowest BCUT2D eigenvalue weighted by Gasteiger charge is -2.10. The van der Waals surface area contributed by atoms with E-state index in [1.807, 2.05) is 48.5 Å². The quantitative estimate of drug-likeness (QED) is 0.634. The molecule has 0 aliphatic rings. The fourth-order valence-electron chi connectivity index (χ4n) is 1.83. The number of carbonyl (C=O) groups is 1. The second-order valence-electron chi connectivity index (χ2n) is 4.38. The standard InChI is InChI=1S/C16H18N2O2S/c1-20-14-8-4-3-7-13(14)18-16(19)10-11-21-15-9-5-2-6-12(15)17/h2-9H,10-11,17H2,1H3,(H,18,19). The van der Waals surface area contributed by atoms with Crippen LogP contribution in [0.3, 0.4) is 0 Å². The molecule has 0 atom stereocenters. The molecule has 0 saturated heterocycles. The third-order valence-corrected chi connectivity index (χ3v) is 3.98. The summed E-state index contributed by atoms with van der Waals surface area (Å²) in [5.74, 6) is 1.29. The first-order valence-electron chi connectivity index (χ1n) is 6.61. The highest BCUT2D eigenvalue weighted by Gasteiger charge is 2.07. The number of para-hydroxylation sites is 3. The molecule has 0 aromatic heterocycles. The fourth-order valence-corrected chi connectivity index (χ4v) is 2.74. The summed E-state index contributed by atoms with van der Waals surface area (Å²) >= 11 is 1.58. The molecule has 0 heterocycles. The lowest BCUT2D eigenvalue weighted by atomic mass is 10.3. The minimum Gasteiger partial charge on any atom is -0.495 e. The van der Waals surface area contributed by atoms with Crippen molar-refractivity contribution in [3.8, 4) is 5.75 Å². The number of anilines is 2.